The van der Waals surface area contributed by atoms with Crippen molar-refractivity contribution in [1.82, 2.24) is 15.2 Å². The molecule has 0 radical (unpaired) electrons. The van der Waals surface area contributed by atoms with Gasteiger partial charge in [-0.05, 0) is 46.3 Å². The van der Waals surface area contributed by atoms with E-state index in [1.54, 1.807) is 0 Å². The van der Waals surface area contributed by atoms with Crippen LogP contribution in [0.15, 0.2) is 0 Å². The zero-order valence-corrected chi connectivity index (χ0v) is 15.0. The van der Waals surface area contributed by atoms with Gasteiger partial charge in [0.1, 0.15) is 0 Å². The summed E-state index contributed by atoms with van der Waals surface area (Å²) in [5, 5.41) is 4.60. The van der Waals surface area contributed by atoms with Gasteiger partial charge in [0.2, 0.25) is 0 Å². The molecule has 1 heterocycles. The van der Waals surface area contributed by atoms with Gasteiger partial charge in [0.05, 0.1) is 5.69 Å². The number of hydrogen-bond acceptors (Lipinski definition) is 5. The number of rotatable bonds is 8. The quantitative estimate of drug-likeness (QED) is 0.800. The fourth-order valence-corrected chi connectivity index (χ4v) is 4.11. The van der Waals surface area contributed by atoms with Crippen LogP contribution >= 0.6 is 11.3 Å². The summed E-state index contributed by atoms with van der Waals surface area (Å²) in [6, 6.07) is 0. The Labute approximate surface area is 133 Å². The Hall–Kier alpha value is -0.650. The summed E-state index contributed by atoms with van der Waals surface area (Å²) >= 11 is 1.85. The van der Waals surface area contributed by atoms with Crippen LogP contribution in [-0.4, -0.2) is 49.7 Å². The topological polar surface area (TPSA) is 31.4 Å². The van der Waals surface area contributed by atoms with Crippen molar-refractivity contribution in [3.05, 3.63) is 10.6 Å². The number of nitrogens with zero attached hydrogens (tertiary/aromatic N) is 3. The molecule has 1 aliphatic rings. The summed E-state index contributed by atoms with van der Waals surface area (Å²) in [5.41, 5.74) is 1.62. The summed E-state index contributed by atoms with van der Waals surface area (Å²) < 4.78 is 0. The zero-order chi connectivity index (χ0) is 15.5. The van der Waals surface area contributed by atoms with E-state index in [2.05, 4.69) is 50.1 Å². The Morgan fingerprint density at radius 1 is 1.24 bits per heavy atom. The first-order chi connectivity index (χ1) is 10.0. The highest BCUT2D eigenvalue weighted by Gasteiger charge is 2.40. The van der Waals surface area contributed by atoms with Crippen molar-refractivity contribution in [3.63, 3.8) is 0 Å². The third-order valence-electron chi connectivity index (χ3n) is 4.73. The van der Waals surface area contributed by atoms with Crippen LogP contribution in [0.2, 0.25) is 0 Å². The first kappa shape index (κ1) is 16.7. The number of aryl methyl sites for hydroxylation is 1. The van der Waals surface area contributed by atoms with E-state index in [0.717, 1.165) is 26.1 Å². The average Bonchev–Trinajstić information content (AvgIpc) is 2.83. The van der Waals surface area contributed by atoms with Gasteiger partial charge in [-0.3, -0.25) is 0 Å². The van der Waals surface area contributed by atoms with Crippen LogP contribution in [-0.2, 0) is 13.0 Å². The van der Waals surface area contributed by atoms with E-state index in [0.29, 0.717) is 5.54 Å². The van der Waals surface area contributed by atoms with Crippen molar-refractivity contribution in [2.75, 3.05) is 39.1 Å². The molecule has 2 rings (SSSR count). The van der Waals surface area contributed by atoms with Crippen molar-refractivity contribution in [3.8, 4) is 0 Å². The predicted molar refractivity (Wildman–Crippen MR) is 92.4 cm³/mol. The molecule has 1 N–H and O–H groups in total. The van der Waals surface area contributed by atoms with E-state index in [1.807, 2.05) is 11.3 Å². The van der Waals surface area contributed by atoms with Crippen LogP contribution in [0, 0.1) is 0 Å². The Morgan fingerprint density at radius 3 is 2.43 bits per heavy atom. The maximum Gasteiger partial charge on any atom is 0.185 e. The first-order valence-corrected chi connectivity index (χ1v) is 8.92. The molecule has 5 heteroatoms. The van der Waals surface area contributed by atoms with Gasteiger partial charge >= 0.3 is 0 Å². The van der Waals surface area contributed by atoms with Gasteiger partial charge in [0.25, 0.3) is 0 Å². The molecular formula is C16H30N4S. The number of likely N-dealkylation sites (N-methyl/N-ethyl adjacent to an activating group) is 2. The monoisotopic (exact) mass is 310 g/mol. The molecular weight excluding hydrogens is 280 g/mol. The molecule has 0 bridgehead atoms. The highest BCUT2D eigenvalue weighted by molar-refractivity contribution is 7.15. The standard InChI is InChI=1S/C16H30N4S/c1-6-13-14(11-17-7-2)21-15(18-13)20(5)12-16(19(3)4)9-8-10-16/h17H,6-12H2,1-5H3. The van der Waals surface area contributed by atoms with E-state index < -0.39 is 0 Å². The molecule has 0 aliphatic heterocycles. The van der Waals surface area contributed by atoms with Gasteiger partial charge in [-0.1, -0.05) is 13.8 Å². The second-order valence-electron chi connectivity index (χ2n) is 6.33. The van der Waals surface area contributed by atoms with Gasteiger partial charge in [0.15, 0.2) is 5.13 Å². The summed E-state index contributed by atoms with van der Waals surface area (Å²) in [4.78, 5) is 11.0. The van der Waals surface area contributed by atoms with E-state index >= 15 is 0 Å². The maximum atomic E-state index is 4.87. The number of aromatic nitrogens is 1. The van der Waals surface area contributed by atoms with Gasteiger partial charge in [-0.15, -0.1) is 11.3 Å². The van der Waals surface area contributed by atoms with Crippen molar-refractivity contribution < 1.29 is 0 Å². The lowest BCUT2D eigenvalue weighted by Crippen LogP contribution is -2.56. The average molecular weight is 311 g/mol. The number of hydrogen-bond donors (Lipinski definition) is 1. The summed E-state index contributed by atoms with van der Waals surface area (Å²) in [6.07, 6.45) is 4.99. The predicted octanol–water partition coefficient (Wildman–Crippen LogP) is 2.74. The molecule has 120 valence electrons. The smallest absolute Gasteiger partial charge is 0.185 e. The minimum atomic E-state index is 0.356. The minimum absolute atomic E-state index is 0.356. The molecule has 1 saturated carbocycles. The molecule has 0 saturated heterocycles. The molecule has 0 atom stereocenters. The van der Waals surface area contributed by atoms with E-state index in [1.165, 1.54) is 35.0 Å². The van der Waals surface area contributed by atoms with Crippen LogP contribution in [0.1, 0.15) is 43.7 Å². The number of nitrogens with one attached hydrogen (secondary N) is 1. The molecule has 1 aromatic heterocycles. The second kappa shape index (κ2) is 7.07. The molecule has 0 aromatic carbocycles. The highest BCUT2D eigenvalue weighted by Crippen LogP contribution is 2.38. The van der Waals surface area contributed by atoms with Gasteiger partial charge in [0, 0.05) is 30.6 Å². The van der Waals surface area contributed by atoms with Gasteiger partial charge < -0.3 is 15.1 Å². The Bertz CT molecular complexity index is 451. The molecule has 0 spiro atoms. The molecule has 0 unspecified atom stereocenters. The summed E-state index contributed by atoms with van der Waals surface area (Å²) in [5.74, 6) is 0. The van der Waals surface area contributed by atoms with Crippen molar-refractivity contribution in [2.24, 2.45) is 0 Å². The Kier molecular flexibility index (Phi) is 5.63. The van der Waals surface area contributed by atoms with Gasteiger partial charge in [-0.25, -0.2) is 4.98 Å². The van der Waals surface area contributed by atoms with Crippen molar-refractivity contribution in [1.29, 1.82) is 0 Å². The minimum Gasteiger partial charge on any atom is -0.349 e. The third kappa shape index (κ3) is 3.58. The lowest BCUT2D eigenvalue weighted by Gasteiger charge is -2.49. The maximum absolute atomic E-state index is 4.87. The van der Waals surface area contributed by atoms with Crippen LogP contribution < -0.4 is 10.2 Å². The Morgan fingerprint density at radius 2 is 1.95 bits per heavy atom. The summed E-state index contributed by atoms with van der Waals surface area (Å²) in [6.45, 7) is 7.38. The van der Waals surface area contributed by atoms with Crippen LogP contribution in [0.3, 0.4) is 0 Å². The van der Waals surface area contributed by atoms with E-state index in [4.69, 9.17) is 4.98 Å². The molecule has 1 aromatic rings. The van der Waals surface area contributed by atoms with Crippen LogP contribution in [0.25, 0.3) is 0 Å². The van der Waals surface area contributed by atoms with E-state index in [9.17, 15) is 0 Å². The Balaban J connectivity index is 2.08. The largest absolute Gasteiger partial charge is 0.349 e. The first-order valence-electron chi connectivity index (χ1n) is 8.10. The third-order valence-corrected chi connectivity index (χ3v) is 5.94. The fraction of sp³-hybridized carbons (Fsp3) is 0.812. The van der Waals surface area contributed by atoms with Crippen molar-refractivity contribution in [2.45, 2.75) is 51.6 Å². The highest BCUT2D eigenvalue weighted by atomic mass is 32.1. The molecule has 1 fully saturated rings. The molecule has 1 aliphatic carbocycles. The van der Waals surface area contributed by atoms with Gasteiger partial charge in [-0.2, -0.15) is 0 Å². The lowest BCUT2D eigenvalue weighted by molar-refractivity contribution is 0.0683. The number of anilines is 1. The normalized spacial score (nSPS) is 17.0. The van der Waals surface area contributed by atoms with Crippen molar-refractivity contribution >= 4 is 16.5 Å². The fourth-order valence-electron chi connectivity index (χ4n) is 3.03. The number of thiazole rings is 1. The molecule has 21 heavy (non-hydrogen) atoms. The van der Waals surface area contributed by atoms with Crippen LogP contribution in [0.4, 0.5) is 5.13 Å². The lowest BCUT2D eigenvalue weighted by atomic mass is 9.75. The second-order valence-corrected chi connectivity index (χ2v) is 7.39. The molecule has 0 amide bonds. The summed E-state index contributed by atoms with van der Waals surface area (Å²) in [7, 11) is 6.62. The SMILES string of the molecule is CCNCc1sc(N(C)CC2(N(C)C)CCC2)nc1CC. The zero-order valence-electron chi connectivity index (χ0n) is 14.2. The van der Waals surface area contributed by atoms with Crippen LogP contribution in [0.5, 0.6) is 0 Å². The van der Waals surface area contributed by atoms with E-state index in [-0.39, 0.29) is 0 Å². The molecule has 4 nitrogen and oxygen atoms in total.